The normalized spacial score (nSPS) is 9.38. The molecule has 139 valence electrons. The maximum absolute atomic E-state index is 10.9. The Morgan fingerprint density at radius 3 is 2.21 bits per heavy atom. The maximum Gasteiger partial charge on any atom is 0.219 e. The number of thiol groups is 1. The molecule has 6 nitrogen and oxygen atoms in total. The molecule has 24 heavy (non-hydrogen) atoms. The number of carbonyl (C=O) groups excluding carboxylic acids is 3. The third kappa shape index (κ3) is 26.9. The minimum absolute atomic E-state index is 0. The van der Waals surface area contributed by atoms with Crippen molar-refractivity contribution < 1.29 is 46.7 Å². The summed E-state index contributed by atoms with van der Waals surface area (Å²) in [5, 5.41) is 5.31. The van der Waals surface area contributed by atoms with Crippen LogP contribution in [0.5, 0.6) is 0 Å². The third-order valence-corrected chi connectivity index (χ3v) is 3.22. The van der Waals surface area contributed by atoms with Crippen molar-refractivity contribution in [2.45, 2.75) is 44.9 Å². The minimum atomic E-state index is -0.0675. The molecule has 8 heteroatoms. The second-order valence-electron chi connectivity index (χ2n) is 5.36. The van der Waals surface area contributed by atoms with Gasteiger partial charge in [-0.3, -0.25) is 15.9 Å². The number of nitrogens with zero attached hydrogens (tertiary/aromatic N) is 1. The monoisotopic (exact) mass is 577 g/mol. The molecule has 0 spiro atoms. The Balaban J connectivity index is -0.000000364. The molecular weight excluding hydrogens is 545 g/mol. The Kier molecular flexibility index (Phi) is 27.6. The maximum atomic E-state index is 10.9. The van der Waals surface area contributed by atoms with Crippen LogP contribution in [0.3, 0.4) is 0 Å². The van der Waals surface area contributed by atoms with Gasteiger partial charge in [-0.15, -0.1) is 6.42 Å². The van der Waals surface area contributed by atoms with Crippen LogP contribution < -0.4 is 10.6 Å². The fourth-order valence-electron chi connectivity index (χ4n) is 1.58. The summed E-state index contributed by atoms with van der Waals surface area (Å²) in [6.45, 7) is 1.63. The van der Waals surface area contributed by atoms with E-state index in [1.54, 1.807) is 13.3 Å². The molecule has 2 N–H and O–H groups in total. The van der Waals surface area contributed by atoms with E-state index in [-0.39, 0.29) is 57.0 Å². The van der Waals surface area contributed by atoms with Crippen molar-refractivity contribution in [3.8, 4) is 0 Å². The van der Waals surface area contributed by atoms with Gasteiger partial charge in [0.15, 0.2) is 0 Å². The van der Waals surface area contributed by atoms with Gasteiger partial charge >= 0.3 is 0 Å². The van der Waals surface area contributed by atoms with Crippen LogP contribution in [0, 0.1) is 32.3 Å². The molecule has 0 aliphatic carbocycles. The predicted octanol–water partition coefficient (Wildman–Crippen LogP) is 1.17. The minimum Gasteiger partial charge on any atom is -0.542 e. The van der Waals surface area contributed by atoms with E-state index in [2.05, 4.69) is 28.2 Å². The smallest absolute Gasteiger partial charge is 0.219 e. The Bertz CT molecular complexity index is 319. The summed E-state index contributed by atoms with van der Waals surface area (Å²) in [7, 11) is 5.65. The van der Waals surface area contributed by atoms with E-state index in [0.29, 0.717) is 13.0 Å². The van der Waals surface area contributed by atoms with Crippen LogP contribution >= 0.6 is 12.6 Å². The standard InChI is InChI=1S/C9H17N2O2.C7H15NOS.Pa/c1-11(2)7-4-6-10-9(13)5-3-8-12;1-8-7(9)5-3-2-4-6-10;/h3-7H2,1-2H3,(H,10,13);10H,2-6H2,1H3,(H,8,9);/q-1;;. The van der Waals surface area contributed by atoms with Gasteiger partial charge in [-0.25, -0.2) is 0 Å². The van der Waals surface area contributed by atoms with Crippen molar-refractivity contribution in [1.82, 2.24) is 15.5 Å². The van der Waals surface area contributed by atoms with Crippen LogP contribution in [-0.2, 0) is 14.4 Å². The first-order chi connectivity index (χ1) is 11.0. The van der Waals surface area contributed by atoms with Crippen molar-refractivity contribution in [3.05, 3.63) is 0 Å². The summed E-state index contributed by atoms with van der Waals surface area (Å²) >= 11 is 4.07. The van der Waals surface area contributed by atoms with Crippen molar-refractivity contribution >= 4 is 30.7 Å². The van der Waals surface area contributed by atoms with E-state index in [9.17, 15) is 14.4 Å². The molecular formula is C16H32N3O3PaS-. The van der Waals surface area contributed by atoms with E-state index in [0.717, 1.165) is 38.0 Å². The van der Waals surface area contributed by atoms with Gasteiger partial charge < -0.3 is 20.3 Å². The molecule has 0 bridgehead atoms. The average molecular weight is 578 g/mol. The number of hydrogen-bond donors (Lipinski definition) is 3. The van der Waals surface area contributed by atoms with Crippen LogP contribution in [0.4, 0.5) is 0 Å². The molecule has 0 aliphatic rings. The van der Waals surface area contributed by atoms with Gasteiger partial charge in [-0.2, -0.15) is 12.6 Å². The summed E-state index contributed by atoms with van der Waals surface area (Å²) in [5.41, 5.74) is 0. The topological polar surface area (TPSA) is 78.5 Å². The van der Waals surface area contributed by atoms with E-state index in [4.69, 9.17) is 0 Å². The molecule has 0 saturated carbocycles. The second-order valence-corrected chi connectivity index (χ2v) is 5.81. The molecule has 0 fully saturated rings. The number of carbonyl (C=O) groups is 2. The Morgan fingerprint density at radius 1 is 1.04 bits per heavy atom. The molecule has 0 aromatic carbocycles. The zero-order valence-corrected chi connectivity index (χ0v) is 21.0. The number of hydrogen-bond acceptors (Lipinski definition) is 5. The molecule has 0 rings (SSSR count). The molecule has 0 atom stereocenters. The van der Waals surface area contributed by atoms with Gasteiger partial charge in [0.1, 0.15) is 0 Å². The third-order valence-electron chi connectivity index (χ3n) is 2.90. The predicted molar refractivity (Wildman–Crippen MR) is 97.5 cm³/mol. The van der Waals surface area contributed by atoms with Crippen molar-refractivity contribution in [3.63, 3.8) is 0 Å². The first-order valence-electron chi connectivity index (χ1n) is 8.05. The van der Waals surface area contributed by atoms with Gasteiger partial charge in [0.2, 0.25) is 11.8 Å². The fourth-order valence-corrected chi connectivity index (χ4v) is 1.80. The Labute approximate surface area is 177 Å². The van der Waals surface area contributed by atoms with E-state index < -0.39 is 0 Å². The molecule has 0 saturated heterocycles. The number of rotatable bonds is 12. The van der Waals surface area contributed by atoms with Gasteiger partial charge in [0, 0.05) is 58.7 Å². The molecule has 0 unspecified atom stereocenters. The number of amides is 2. The molecule has 2 amide bonds. The van der Waals surface area contributed by atoms with Crippen molar-refractivity contribution in [1.29, 1.82) is 0 Å². The summed E-state index contributed by atoms with van der Waals surface area (Å²) in [4.78, 5) is 33.5. The van der Waals surface area contributed by atoms with Crippen molar-refractivity contribution in [2.75, 3.05) is 40.0 Å². The molecule has 0 aliphatic heterocycles. The quantitative estimate of drug-likeness (QED) is 0.185. The van der Waals surface area contributed by atoms with Gasteiger partial charge in [0.25, 0.3) is 0 Å². The first-order valence-corrected chi connectivity index (χ1v) is 8.69. The largest absolute Gasteiger partial charge is 0.542 e. The van der Waals surface area contributed by atoms with Crippen molar-refractivity contribution in [2.24, 2.45) is 0 Å². The molecule has 0 aromatic rings. The summed E-state index contributed by atoms with van der Waals surface area (Å²) in [5.74, 6) is 0.995. The van der Waals surface area contributed by atoms with Crippen LogP contribution in [0.2, 0.25) is 0 Å². The first kappa shape index (κ1) is 28.8. The van der Waals surface area contributed by atoms with E-state index in [1.165, 1.54) is 0 Å². The fraction of sp³-hybridized carbons (Fsp3) is 0.812. The van der Waals surface area contributed by atoms with Crippen LogP contribution in [-0.4, -0.2) is 63.0 Å². The van der Waals surface area contributed by atoms with Gasteiger partial charge in [-0.1, -0.05) is 6.42 Å². The van der Waals surface area contributed by atoms with Crippen LogP contribution in [0.1, 0.15) is 44.9 Å². The molecule has 0 aromatic heterocycles. The zero-order valence-electron chi connectivity index (χ0n) is 15.3. The Morgan fingerprint density at radius 2 is 1.71 bits per heavy atom. The van der Waals surface area contributed by atoms with Crippen LogP contribution in [0.15, 0.2) is 0 Å². The average Bonchev–Trinajstić information content (AvgIpc) is 2.53. The van der Waals surface area contributed by atoms with Gasteiger partial charge in [-0.05, 0) is 45.7 Å². The zero-order chi connectivity index (χ0) is 17.9. The van der Waals surface area contributed by atoms with Gasteiger partial charge in [0.05, 0.1) is 0 Å². The van der Waals surface area contributed by atoms with E-state index in [1.807, 2.05) is 14.1 Å². The summed E-state index contributed by atoms with van der Waals surface area (Å²) in [6, 6.07) is 0. The second kappa shape index (κ2) is 23.0. The number of unbranched alkanes of at least 4 members (excludes halogenated alkanes) is 2. The molecule has 0 heterocycles. The SMILES string of the molecule is CN(C)CCCNC(=O)CC[C-]=O.CNC(=O)CCCCCS.[Pa]. The van der Waals surface area contributed by atoms with E-state index >= 15 is 0 Å². The number of nitrogens with one attached hydrogen (secondary N) is 2. The molecule has 1 radical (unpaired) electrons. The van der Waals surface area contributed by atoms with Crippen LogP contribution in [0.25, 0.3) is 0 Å². The summed E-state index contributed by atoms with van der Waals surface area (Å²) in [6.07, 6.45) is 6.93. The summed E-state index contributed by atoms with van der Waals surface area (Å²) < 4.78 is 0. The Hall–Kier alpha value is 0.0109.